The van der Waals surface area contributed by atoms with Crippen molar-refractivity contribution in [2.75, 3.05) is 4.90 Å². The van der Waals surface area contributed by atoms with Crippen LogP contribution in [0.15, 0.2) is 237 Å². The molecular formula is C59H39N. The number of fused-ring (bicyclic) bond motifs is 12. The summed E-state index contributed by atoms with van der Waals surface area (Å²) >= 11 is 0. The molecule has 0 fully saturated rings. The Bertz CT molecular complexity index is 3090. The number of benzene rings is 10. The number of nitrogens with zero attached hydrogens (tertiary/aromatic N) is 1. The molecule has 12 rings (SSSR count). The van der Waals surface area contributed by atoms with Gasteiger partial charge in [0, 0.05) is 22.3 Å². The van der Waals surface area contributed by atoms with E-state index in [1.807, 2.05) is 0 Å². The zero-order valence-electron chi connectivity index (χ0n) is 33.0. The lowest BCUT2D eigenvalue weighted by molar-refractivity contribution is 0.801. The molecular weight excluding hydrogens is 723 g/mol. The lowest BCUT2D eigenvalue weighted by atomic mass is 9.69. The number of anilines is 3. The molecule has 0 atom stereocenters. The molecule has 0 aromatic heterocycles. The molecule has 2 aliphatic rings. The van der Waals surface area contributed by atoms with Crippen LogP contribution in [-0.2, 0) is 5.41 Å². The first-order valence-corrected chi connectivity index (χ1v) is 20.9. The number of hydrogen-bond donors (Lipinski definition) is 0. The van der Waals surface area contributed by atoms with E-state index in [9.17, 15) is 0 Å². The van der Waals surface area contributed by atoms with Crippen molar-refractivity contribution in [2.45, 2.75) is 5.41 Å². The second kappa shape index (κ2) is 13.7. The van der Waals surface area contributed by atoms with Crippen LogP contribution < -0.4 is 4.90 Å². The lowest BCUT2D eigenvalue weighted by Crippen LogP contribution is -2.26. The Hall–Kier alpha value is -7.74. The molecule has 0 aliphatic heterocycles. The maximum absolute atomic E-state index is 2.51. The van der Waals surface area contributed by atoms with Gasteiger partial charge in [0.15, 0.2) is 0 Å². The van der Waals surface area contributed by atoms with Crippen LogP contribution in [0.2, 0.25) is 0 Å². The van der Waals surface area contributed by atoms with E-state index in [1.54, 1.807) is 0 Å². The third kappa shape index (κ3) is 4.99. The molecule has 0 amide bonds. The number of rotatable bonds is 6. The fourth-order valence-electron chi connectivity index (χ4n) is 10.4. The number of hydrogen-bond acceptors (Lipinski definition) is 1. The Labute approximate surface area is 351 Å². The van der Waals surface area contributed by atoms with Gasteiger partial charge in [-0.1, -0.05) is 212 Å². The molecule has 0 heterocycles. The third-order valence-electron chi connectivity index (χ3n) is 12.9. The van der Waals surface area contributed by atoms with Crippen LogP contribution in [0.4, 0.5) is 17.1 Å². The van der Waals surface area contributed by atoms with Gasteiger partial charge in [0.05, 0.1) is 11.1 Å². The van der Waals surface area contributed by atoms with Gasteiger partial charge in [-0.25, -0.2) is 0 Å². The Morgan fingerprint density at radius 1 is 0.267 bits per heavy atom. The lowest BCUT2D eigenvalue weighted by Gasteiger charge is -2.34. The van der Waals surface area contributed by atoms with E-state index in [1.165, 1.54) is 94.3 Å². The second-order valence-corrected chi connectivity index (χ2v) is 15.9. The van der Waals surface area contributed by atoms with E-state index in [0.29, 0.717) is 0 Å². The summed E-state index contributed by atoms with van der Waals surface area (Å²) in [6.07, 6.45) is 0. The van der Waals surface area contributed by atoms with Gasteiger partial charge in [0.25, 0.3) is 0 Å². The summed E-state index contributed by atoms with van der Waals surface area (Å²) in [6.45, 7) is 0. The smallest absolute Gasteiger partial charge is 0.0731 e. The van der Waals surface area contributed by atoms with Gasteiger partial charge in [0.1, 0.15) is 0 Å². The van der Waals surface area contributed by atoms with E-state index >= 15 is 0 Å². The normalized spacial score (nSPS) is 12.8. The molecule has 60 heavy (non-hydrogen) atoms. The van der Waals surface area contributed by atoms with Crippen LogP contribution in [0.3, 0.4) is 0 Å². The quantitative estimate of drug-likeness (QED) is 0.163. The van der Waals surface area contributed by atoms with Gasteiger partial charge in [-0.2, -0.15) is 0 Å². The van der Waals surface area contributed by atoms with E-state index in [-0.39, 0.29) is 0 Å². The van der Waals surface area contributed by atoms with E-state index in [4.69, 9.17) is 0 Å². The first-order chi connectivity index (χ1) is 29.8. The minimum absolute atomic E-state index is 0.500. The van der Waals surface area contributed by atoms with Crippen molar-refractivity contribution in [1.29, 1.82) is 0 Å². The van der Waals surface area contributed by atoms with Gasteiger partial charge in [-0.3, -0.25) is 0 Å². The molecule has 1 spiro atoms. The average Bonchev–Trinajstić information content (AvgIpc) is 3.81. The van der Waals surface area contributed by atoms with Crippen molar-refractivity contribution in [3.63, 3.8) is 0 Å². The van der Waals surface area contributed by atoms with Crippen molar-refractivity contribution in [3.05, 3.63) is 259 Å². The fraction of sp³-hybridized carbons (Fsp3) is 0.0169. The predicted molar refractivity (Wildman–Crippen MR) is 251 cm³/mol. The summed E-state index contributed by atoms with van der Waals surface area (Å²) in [5.41, 5.74) is 20.7. The largest absolute Gasteiger partial charge is 0.309 e. The van der Waals surface area contributed by atoms with Gasteiger partial charge in [-0.15, -0.1) is 0 Å². The first-order valence-electron chi connectivity index (χ1n) is 20.9. The summed E-state index contributed by atoms with van der Waals surface area (Å²) in [5, 5.41) is 2.47. The monoisotopic (exact) mass is 761 g/mol. The Balaban J connectivity index is 1.22. The molecule has 2 aliphatic carbocycles. The zero-order valence-corrected chi connectivity index (χ0v) is 33.0. The SMILES string of the molecule is c1ccc(-c2ccc(N(c3ccc(-c4ccccc4)cc3)c3c(-c4ccccc4)c4c(c5ccccc35)C3(c5ccccc5-c5ccccc53)c3ccccc3-4)cc2)cc1. The van der Waals surface area contributed by atoms with Crippen LogP contribution in [0.1, 0.15) is 22.3 Å². The summed E-state index contributed by atoms with van der Waals surface area (Å²) in [4.78, 5) is 2.51. The summed E-state index contributed by atoms with van der Waals surface area (Å²) in [5.74, 6) is 0. The molecule has 0 radical (unpaired) electrons. The fourth-order valence-corrected chi connectivity index (χ4v) is 10.4. The first kappa shape index (κ1) is 34.3. The highest BCUT2D eigenvalue weighted by molar-refractivity contribution is 6.17. The minimum Gasteiger partial charge on any atom is -0.309 e. The van der Waals surface area contributed by atoms with Gasteiger partial charge in [-0.05, 0) is 102 Å². The summed E-state index contributed by atoms with van der Waals surface area (Å²) in [6, 6.07) is 87.3. The van der Waals surface area contributed by atoms with Gasteiger partial charge >= 0.3 is 0 Å². The van der Waals surface area contributed by atoms with Gasteiger partial charge in [0.2, 0.25) is 0 Å². The molecule has 280 valence electrons. The summed E-state index contributed by atoms with van der Waals surface area (Å²) < 4.78 is 0. The van der Waals surface area contributed by atoms with Crippen LogP contribution >= 0.6 is 0 Å². The molecule has 10 aromatic carbocycles. The molecule has 0 saturated heterocycles. The van der Waals surface area contributed by atoms with Crippen molar-refractivity contribution < 1.29 is 0 Å². The predicted octanol–water partition coefficient (Wildman–Crippen LogP) is 15.7. The Morgan fingerprint density at radius 2 is 0.633 bits per heavy atom. The molecule has 1 heteroatoms. The zero-order chi connectivity index (χ0) is 39.6. The van der Waals surface area contributed by atoms with E-state index in [0.717, 1.165) is 11.4 Å². The molecule has 10 aromatic rings. The van der Waals surface area contributed by atoms with Crippen molar-refractivity contribution in [2.24, 2.45) is 0 Å². The molecule has 0 N–H and O–H groups in total. The van der Waals surface area contributed by atoms with Crippen molar-refractivity contribution in [1.82, 2.24) is 0 Å². The standard InChI is InChI=1S/C59H39N/c1-4-18-40(19-5-1)42-32-36-45(37-33-42)60(46-38-34-43(35-39-46)41-20-6-2-7-21-41)58-50-27-11-10-26-49(50)57-56(55(58)44-22-8-3-9-23-44)51-28-14-17-31-54(51)59(57)52-29-15-12-24-47(52)48-25-13-16-30-53(48)59/h1-39H. The topological polar surface area (TPSA) is 3.24 Å². The maximum atomic E-state index is 2.51. The molecule has 0 bridgehead atoms. The highest BCUT2D eigenvalue weighted by atomic mass is 15.1. The van der Waals surface area contributed by atoms with Crippen LogP contribution in [-0.4, -0.2) is 0 Å². The molecule has 1 nitrogen and oxygen atoms in total. The minimum atomic E-state index is -0.500. The van der Waals surface area contributed by atoms with Crippen LogP contribution in [0, 0.1) is 0 Å². The average molecular weight is 762 g/mol. The molecule has 0 saturated carbocycles. The van der Waals surface area contributed by atoms with E-state index in [2.05, 4.69) is 241 Å². The second-order valence-electron chi connectivity index (χ2n) is 15.9. The van der Waals surface area contributed by atoms with Crippen LogP contribution in [0.25, 0.3) is 66.4 Å². The maximum Gasteiger partial charge on any atom is 0.0731 e. The van der Waals surface area contributed by atoms with Crippen LogP contribution in [0.5, 0.6) is 0 Å². The Morgan fingerprint density at radius 3 is 1.13 bits per heavy atom. The van der Waals surface area contributed by atoms with Gasteiger partial charge < -0.3 is 4.90 Å². The Kier molecular flexibility index (Phi) is 7.83. The van der Waals surface area contributed by atoms with Crippen molar-refractivity contribution >= 4 is 27.8 Å². The third-order valence-corrected chi connectivity index (χ3v) is 12.9. The molecule has 0 unspecified atom stereocenters. The highest BCUT2D eigenvalue weighted by Gasteiger charge is 2.53. The highest BCUT2D eigenvalue weighted by Crippen LogP contribution is 2.67. The van der Waals surface area contributed by atoms with Crippen molar-refractivity contribution in [3.8, 4) is 55.6 Å². The summed E-state index contributed by atoms with van der Waals surface area (Å²) in [7, 11) is 0. The van der Waals surface area contributed by atoms with E-state index < -0.39 is 5.41 Å².